The molecule has 1 unspecified atom stereocenters. The van der Waals surface area contributed by atoms with Crippen molar-refractivity contribution in [2.45, 2.75) is 19.8 Å². The number of rotatable bonds is 1. The molecule has 2 aromatic rings. The molecule has 0 radical (unpaired) electrons. The Labute approximate surface area is 124 Å². The molecule has 1 atom stereocenters. The smallest absolute Gasteiger partial charge is 0.265 e. The summed E-state index contributed by atoms with van der Waals surface area (Å²) < 4.78 is 2.12. The Balaban J connectivity index is 2.11. The zero-order valence-corrected chi connectivity index (χ0v) is 12.6. The average Bonchev–Trinajstić information content (AvgIpc) is 2.67. The van der Waals surface area contributed by atoms with E-state index in [0.29, 0.717) is 11.4 Å². The van der Waals surface area contributed by atoms with Crippen molar-refractivity contribution in [3.05, 3.63) is 45.6 Å². The molecule has 0 saturated heterocycles. The Morgan fingerprint density at radius 3 is 2.75 bits per heavy atom. The van der Waals surface area contributed by atoms with E-state index in [-0.39, 0.29) is 11.8 Å². The highest BCUT2D eigenvalue weighted by Crippen LogP contribution is 2.30. The molecule has 0 fully saturated rings. The zero-order chi connectivity index (χ0) is 14.4. The molecule has 1 aliphatic rings. The maximum absolute atomic E-state index is 12.5. The number of anilines is 1. The van der Waals surface area contributed by atoms with Gasteiger partial charge in [-0.1, -0.05) is 28.1 Å². The van der Waals surface area contributed by atoms with Crippen LogP contribution in [0, 0.1) is 13.8 Å². The third-order valence-corrected chi connectivity index (χ3v) is 3.99. The number of benzene rings is 1. The number of amides is 1. The largest absolute Gasteiger partial charge is 0.309 e. The first kappa shape index (κ1) is 13.1. The molecule has 3 rings (SSSR count). The summed E-state index contributed by atoms with van der Waals surface area (Å²) >= 11 is 3.35. The van der Waals surface area contributed by atoms with E-state index in [0.717, 1.165) is 15.7 Å². The van der Waals surface area contributed by atoms with Gasteiger partial charge in [0.15, 0.2) is 0 Å². The quantitative estimate of drug-likeness (QED) is 0.816. The molecule has 20 heavy (non-hydrogen) atoms. The number of hydrogen-bond acceptors (Lipinski definition) is 3. The lowest BCUT2D eigenvalue weighted by atomic mass is 9.96. The monoisotopic (exact) mass is 333 g/mol. The van der Waals surface area contributed by atoms with Gasteiger partial charge in [-0.05, 0) is 31.5 Å². The predicted molar refractivity (Wildman–Crippen MR) is 77.8 cm³/mol. The molecular weight excluding hydrogens is 322 g/mol. The maximum atomic E-state index is 12.5. The fraction of sp³-hybridized carbons (Fsp3) is 0.214. The number of fused-ring (bicyclic) bond motifs is 1. The number of aromatic nitrogens is 2. The van der Waals surface area contributed by atoms with Crippen LogP contribution in [0.15, 0.2) is 28.7 Å². The van der Waals surface area contributed by atoms with Crippen molar-refractivity contribution in [2.24, 2.45) is 0 Å². The van der Waals surface area contributed by atoms with Crippen LogP contribution in [0.5, 0.6) is 0 Å². The topological polar surface area (TPSA) is 64.0 Å². The van der Waals surface area contributed by atoms with Gasteiger partial charge in [0.2, 0.25) is 5.91 Å². The lowest BCUT2D eigenvalue weighted by Crippen LogP contribution is -2.38. The van der Waals surface area contributed by atoms with E-state index in [1.54, 1.807) is 18.2 Å². The van der Waals surface area contributed by atoms with Crippen LogP contribution in [0.2, 0.25) is 0 Å². The Hall–Kier alpha value is -1.95. The number of halogens is 1. The van der Waals surface area contributed by atoms with Gasteiger partial charge in [-0.2, -0.15) is 9.78 Å². The number of nitrogens with one attached hydrogen (secondary N) is 1. The third-order valence-electron chi connectivity index (χ3n) is 3.50. The first-order valence-electron chi connectivity index (χ1n) is 6.16. The van der Waals surface area contributed by atoms with Gasteiger partial charge < -0.3 is 5.32 Å². The van der Waals surface area contributed by atoms with E-state index in [2.05, 4.69) is 26.3 Å². The highest BCUT2D eigenvalue weighted by Gasteiger charge is 2.37. The lowest BCUT2D eigenvalue weighted by Gasteiger charge is -2.22. The van der Waals surface area contributed by atoms with Crippen LogP contribution in [0.3, 0.4) is 0 Å². The van der Waals surface area contributed by atoms with E-state index < -0.39 is 5.92 Å². The van der Waals surface area contributed by atoms with Gasteiger partial charge in [-0.3, -0.25) is 9.59 Å². The van der Waals surface area contributed by atoms with Crippen LogP contribution in [-0.2, 0) is 4.79 Å². The van der Waals surface area contributed by atoms with Crippen molar-refractivity contribution in [3.8, 4) is 0 Å². The van der Waals surface area contributed by atoms with Crippen molar-refractivity contribution in [2.75, 3.05) is 5.32 Å². The molecular formula is C14H12BrN3O2. The van der Waals surface area contributed by atoms with Gasteiger partial charge in [0.25, 0.3) is 5.91 Å². The first-order valence-corrected chi connectivity index (χ1v) is 6.95. The van der Waals surface area contributed by atoms with E-state index in [1.807, 2.05) is 19.9 Å². The molecule has 0 aliphatic carbocycles. The van der Waals surface area contributed by atoms with Crippen molar-refractivity contribution in [3.63, 3.8) is 0 Å². The molecule has 1 aromatic heterocycles. The van der Waals surface area contributed by atoms with E-state index in [9.17, 15) is 9.59 Å². The number of carbonyl (C=O) groups excluding carboxylic acids is 2. The molecule has 102 valence electrons. The molecule has 0 bridgehead atoms. The second kappa shape index (κ2) is 4.56. The Morgan fingerprint density at radius 2 is 2.05 bits per heavy atom. The highest BCUT2D eigenvalue weighted by atomic mass is 79.9. The molecule has 0 spiro atoms. The Kier molecular flexibility index (Phi) is 2.97. The van der Waals surface area contributed by atoms with Crippen LogP contribution in [0.25, 0.3) is 0 Å². The zero-order valence-electron chi connectivity index (χ0n) is 11.0. The molecule has 0 saturated carbocycles. The predicted octanol–water partition coefficient (Wildman–Crippen LogP) is 2.64. The minimum atomic E-state index is -0.862. The maximum Gasteiger partial charge on any atom is 0.265 e. The normalized spacial score (nSPS) is 17.9. The highest BCUT2D eigenvalue weighted by molar-refractivity contribution is 9.10. The molecule has 5 nitrogen and oxygen atoms in total. The number of nitrogens with zero attached hydrogens (tertiary/aromatic N) is 2. The van der Waals surface area contributed by atoms with Crippen LogP contribution in [-0.4, -0.2) is 21.6 Å². The minimum Gasteiger partial charge on any atom is -0.309 e. The lowest BCUT2D eigenvalue weighted by molar-refractivity contribution is -0.117. The van der Waals surface area contributed by atoms with E-state index in [1.165, 1.54) is 4.68 Å². The molecule has 1 aromatic carbocycles. The average molecular weight is 334 g/mol. The first-order chi connectivity index (χ1) is 9.49. The third kappa shape index (κ3) is 1.87. The van der Waals surface area contributed by atoms with Crippen molar-refractivity contribution in [1.29, 1.82) is 0 Å². The molecule has 1 aliphatic heterocycles. The molecule has 6 heteroatoms. The summed E-state index contributed by atoms with van der Waals surface area (Å²) in [7, 11) is 0. The fourth-order valence-electron chi connectivity index (χ4n) is 2.31. The summed E-state index contributed by atoms with van der Waals surface area (Å²) in [5.41, 5.74) is 2.21. The van der Waals surface area contributed by atoms with Gasteiger partial charge >= 0.3 is 0 Å². The van der Waals surface area contributed by atoms with Crippen LogP contribution < -0.4 is 5.32 Å². The van der Waals surface area contributed by atoms with Crippen LogP contribution in [0.1, 0.15) is 27.5 Å². The van der Waals surface area contributed by atoms with Crippen molar-refractivity contribution >= 4 is 33.6 Å². The summed E-state index contributed by atoms with van der Waals surface area (Å²) in [6.45, 7) is 3.65. The summed E-state index contributed by atoms with van der Waals surface area (Å²) in [6, 6.07) is 7.19. The summed E-state index contributed by atoms with van der Waals surface area (Å²) in [5.74, 6) is -1.02. The van der Waals surface area contributed by atoms with Gasteiger partial charge in [0.05, 0.1) is 5.69 Å². The standard InChI is InChI=1S/C14H12BrN3O2/c1-7-8(2)17-18-12(7)16-13(19)11(14(18)20)9-4-3-5-10(15)6-9/h3-6,11H,1-2H3,(H,16,19). The van der Waals surface area contributed by atoms with Crippen molar-refractivity contribution < 1.29 is 9.59 Å². The van der Waals surface area contributed by atoms with Gasteiger partial charge in [0, 0.05) is 10.0 Å². The van der Waals surface area contributed by atoms with E-state index >= 15 is 0 Å². The second-order valence-corrected chi connectivity index (χ2v) is 5.70. The summed E-state index contributed by atoms with van der Waals surface area (Å²) in [6.07, 6.45) is 0. The van der Waals surface area contributed by atoms with E-state index in [4.69, 9.17) is 0 Å². The Morgan fingerprint density at radius 1 is 1.30 bits per heavy atom. The van der Waals surface area contributed by atoms with Gasteiger partial charge in [-0.15, -0.1) is 0 Å². The van der Waals surface area contributed by atoms with Gasteiger partial charge in [-0.25, -0.2) is 0 Å². The minimum absolute atomic E-state index is 0.316. The number of hydrogen-bond donors (Lipinski definition) is 1. The molecule has 1 N–H and O–H groups in total. The summed E-state index contributed by atoms with van der Waals surface area (Å²) in [5, 5.41) is 6.98. The molecule has 2 heterocycles. The number of aryl methyl sites for hydroxylation is 1. The van der Waals surface area contributed by atoms with Gasteiger partial charge in [0.1, 0.15) is 11.7 Å². The van der Waals surface area contributed by atoms with Crippen LogP contribution in [0.4, 0.5) is 5.82 Å². The van der Waals surface area contributed by atoms with Crippen molar-refractivity contribution in [1.82, 2.24) is 9.78 Å². The second-order valence-electron chi connectivity index (χ2n) is 4.79. The number of carbonyl (C=O) groups is 2. The fourth-order valence-corrected chi connectivity index (χ4v) is 2.73. The SMILES string of the molecule is Cc1nn2c(c1C)NC(=O)C(c1cccc(Br)c1)C2=O. The Bertz CT molecular complexity index is 736. The molecule has 1 amide bonds. The summed E-state index contributed by atoms with van der Waals surface area (Å²) in [4.78, 5) is 24.8. The van der Waals surface area contributed by atoms with Crippen LogP contribution >= 0.6 is 15.9 Å².